The quantitative estimate of drug-likeness (QED) is 0.271. The lowest BCUT2D eigenvalue weighted by Crippen LogP contribution is -2.46. The lowest BCUT2D eigenvalue weighted by Gasteiger charge is -2.36. The molecule has 1 aliphatic heterocycles. The summed E-state index contributed by atoms with van der Waals surface area (Å²) in [6.07, 6.45) is 4.63. The van der Waals surface area contributed by atoms with E-state index < -0.39 is 0 Å². The second-order valence-corrected chi connectivity index (χ2v) is 11.2. The van der Waals surface area contributed by atoms with Crippen LogP contribution in [0.1, 0.15) is 36.4 Å². The molecule has 3 atom stereocenters. The number of aromatic nitrogens is 1. The zero-order valence-electron chi connectivity index (χ0n) is 23.3. The van der Waals surface area contributed by atoms with Gasteiger partial charge in [0.15, 0.2) is 0 Å². The molecule has 7 heteroatoms. The minimum absolute atomic E-state index is 0.0255. The van der Waals surface area contributed by atoms with Crippen molar-refractivity contribution < 1.29 is 14.6 Å². The van der Waals surface area contributed by atoms with Crippen molar-refractivity contribution in [1.82, 2.24) is 15.2 Å². The Morgan fingerprint density at radius 1 is 0.927 bits per heavy atom. The molecule has 1 aliphatic carbocycles. The van der Waals surface area contributed by atoms with Crippen LogP contribution in [0, 0.1) is 5.92 Å². The Hall–Kier alpha value is -3.78. The summed E-state index contributed by atoms with van der Waals surface area (Å²) >= 11 is 0. The number of aliphatic hydroxyl groups excluding tert-OH is 1. The molecule has 3 N–H and O–H groups in total. The molecule has 7 nitrogen and oxygen atoms in total. The Labute approximate surface area is 241 Å². The van der Waals surface area contributed by atoms with Gasteiger partial charge in [-0.05, 0) is 53.8 Å². The Morgan fingerprint density at radius 3 is 2.46 bits per heavy atom. The van der Waals surface area contributed by atoms with Gasteiger partial charge in [0, 0.05) is 55.3 Å². The van der Waals surface area contributed by atoms with Crippen molar-refractivity contribution in [3.63, 3.8) is 0 Å². The van der Waals surface area contributed by atoms with Crippen molar-refractivity contribution in [3.05, 3.63) is 96.3 Å². The number of rotatable bonds is 7. The maximum Gasteiger partial charge on any atom is 0.319 e. The molecule has 41 heavy (non-hydrogen) atoms. The summed E-state index contributed by atoms with van der Waals surface area (Å²) in [4.78, 5) is 20.3. The maximum absolute atomic E-state index is 13.2. The van der Waals surface area contributed by atoms with E-state index in [9.17, 15) is 9.90 Å². The van der Waals surface area contributed by atoms with Crippen molar-refractivity contribution in [3.8, 4) is 11.1 Å². The number of benzene rings is 3. The molecular formula is C34H38N4O3. The van der Waals surface area contributed by atoms with E-state index in [1.165, 1.54) is 5.56 Å². The summed E-state index contributed by atoms with van der Waals surface area (Å²) in [5.41, 5.74) is 5.24. The molecule has 6 rings (SSSR count). The predicted octanol–water partition coefficient (Wildman–Crippen LogP) is 5.80. The van der Waals surface area contributed by atoms with Gasteiger partial charge in [-0.2, -0.15) is 0 Å². The second kappa shape index (κ2) is 12.8. The average Bonchev–Trinajstić information content (AvgIpc) is 3.03. The molecule has 212 valence electrons. The number of morpholine rings is 1. The number of aliphatic hydroxyl groups is 1. The fourth-order valence-corrected chi connectivity index (χ4v) is 6.34. The van der Waals surface area contributed by atoms with Crippen LogP contribution >= 0.6 is 0 Å². The van der Waals surface area contributed by atoms with E-state index in [2.05, 4.69) is 64.1 Å². The van der Waals surface area contributed by atoms with Crippen LogP contribution in [0.5, 0.6) is 0 Å². The monoisotopic (exact) mass is 550 g/mol. The van der Waals surface area contributed by atoms with Gasteiger partial charge < -0.3 is 20.5 Å². The Kier molecular flexibility index (Phi) is 8.56. The van der Waals surface area contributed by atoms with Crippen molar-refractivity contribution >= 4 is 22.5 Å². The summed E-state index contributed by atoms with van der Waals surface area (Å²) in [6.45, 7) is 4.32. The fourth-order valence-electron chi connectivity index (χ4n) is 6.34. The number of amides is 2. The third-order valence-electron chi connectivity index (χ3n) is 8.60. The van der Waals surface area contributed by atoms with Gasteiger partial charge in [0.05, 0.1) is 24.6 Å². The number of hydrogen-bond acceptors (Lipinski definition) is 5. The molecule has 0 radical (unpaired) electrons. The Balaban J connectivity index is 1.14. The summed E-state index contributed by atoms with van der Waals surface area (Å²) < 4.78 is 5.45. The third-order valence-corrected chi connectivity index (χ3v) is 8.60. The first-order valence-electron chi connectivity index (χ1n) is 14.7. The van der Waals surface area contributed by atoms with Gasteiger partial charge in [-0.1, -0.05) is 66.7 Å². The summed E-state index contributed by atoms with van der Waals surface area (Å²) in [7, 11) is 0. The highest BCUT2D eigenvalue weighted by atomic mass is 16.5. The Bertz CT molecular complexity index is 1450. The largest absolute Gasteiger partial charge is 0.396 e. The van der Waals surface area contributed by atoms with Gasteiger partial charge in [-0.3, -0.25) is 9.88 Å². The highest BCUT2D eigenvalue weighted by molar-refractivity contribution is 6.07. The number of urea groups is 1. The summed E-state index contributed by atoms with van der Waals surface area (Å²) in [6, 6.07) is 26.6. The number of ether oxygens (including phenoxy) is 1. The van der Waals surface area contributed by atoms with Crippen LogP contribution in [-0.2, 0) is 11.3 Å². The van der Waals surface area contributed by atoms with E-state index in [1.54, 1.807) is 0 Å². The molecule has 2 aliphatic rings. The number of nitrogens with one attached hydrogen (secondary N) is 2. The number of nitrogens with zero attached hydrogens (tertiary/aromatic N) is 2. The van der Waals surface area contributed by atoms with E-state index in [0.29, 0.717) is 5.92 Å². The van der Waals surface area contributed by atoms with Gasteiger partial charge in [-0.25, -0.2) is 4.79 Å². The van der Waals surface area contributed by atoms with Crippen LogP contribution in [0.25, 0.3) is 21.9 Å². The first kappa shape index (κ1) is 27.4. The zero-order chi connectivity index (χ0) is 28.0. The van der Waals surface area contributed by atoms with Crippen LogP contribution in [-0.4, -0.2) is 60.0 Å². The zero-order valence-corrected chi connectivity index (χ0v) is 23.3. The number of hydrogen-bond donors (Lipinski definition) is 3. The molecule has 2 heterocycles. The molecule has 0 spiro atoms. The molecule has 1 aromatic heterocycles. The standard InChI is InChI=1S/C34H38N4O3/c39-23-27-20-25(24-6-2-1-3-7-24)11-14-32(27)36-34(40)37-33-15-13-29(30-8-4-5-9-31(30)33)26-10-12-28(35-21-26)22-38-16-18-41-19-17-38/h1-10,12-13,15,21,25,27,32,39H,11,14,16-20,22-23H2,(H2,36,37,40). The number of pyridine rings is 1. The lowest BCUT2D eigenvalue weighted by molar-refractivity contribution is 0.0336. The summed E-state index contributed by atoms with van der Waals surface area (Å²) in [5.74, 6) is 0.436. The molecule has 4 aromatic rings. The highest BCUT2D eigenvalue weighted by Crippen LogP contribution is 2.37. The molecule has 1 saturated heterocycles. The van der Waals surface area contributed by atoms with Gasteiger partial charge in [0.1, 0.15) is 0 Å². The van der Waals surface area contributed by atoms with Crippen LogP contribution < -0.4 is 10.6 Å². The van der Waals surface area contributed by atoms with E-state index in [-0.39, 0.29) is 24.6 Å². The number of carbonyl (C=O) groups is 1. The minimum atomic E-state index is -0.237. The molecule has 3 unspecified atom stereocenters. The van der Waals surface area contributed by atoms with Crippen LogP contribution in [0.2, 0.25) is 0 Å². The van der Waals surface area contributed by atoms with Crippen LogP contribution in [0.3, 0.4) is 0 Å². The second-order valence-electron chi connectivity index (χ2n) is 11.2. The van der Waals surface area contributed by atoms with Crippen molar-refractivity contribution in [2.24, 2.45) is 5.92 Å². The Morgan fingerprint density at radius 2 is 1.71 bits per heavy atom. The molecular weight excluding hydrogens is 512 g/mol. The minimum Gasteiger partial charge on any atom is -0.396 e. The number of anilines is 1. The number of fused-ring (bicyclic) bond motifs is 1. The third kappa shape index (κ3) is 6.43. The van der Waals surface area contributed by atoms with E-state index in [1.807, 2.05) is 36.5 Å². The topological polar surface area (TPSA) is 86.7 Å². The predicted molar refractivity (Wildman–Crippen MR) is 163 cm³/mol. The molecule has 2 amide bonds. The van der Waals surface area contributed by atoms with E-state index >= 15 is 0 Å². The molecule has 0 bridgehead atoms. The molecule has 1 saturated carbocycles. The van der Waals surface area contributed by atoms with E-state index in [4.69, 9.17) is 9.72 Å². The molecule has 3 aromatic carbocycles. The SMILES string of the molecule is O=C(Nc1ccc(-c2ccc(CN3CCOCC3)nc2)c2ccccc12)NC1CCC(c2ccccc2)CC1CO. The average molecular weight is 551 g/mol. The number of carbonyl (C=O) groups excluding carboxylic acids is 1. The lowest BCUT2D eigenvalue weighted by atomic mass is 9.75. The first-order chi connectivity index (χ1) is 20.2. The maximum atomic E-state index is 13.2. The van der Waals surface area contributed by atoms with Crippen LogP contribution in [0.15, 0.2) is 85.1 Å². The fraction of sp³-hybridized carbons (Fsp3) is 0.353. The smallest absolute Gasteiger partial charge is 0.319 e. The van der Waals surface area contributed by atoms with Crippen molar-refractivity contribution in [1.29, 1.82) is 0 Å². The highest BCUT2D eigenvalue weighted by Gasteiger charge is 2.32. The van der Waals surface area contributed by atoms with Gasteiger partial charge in [0.25, 0.3) is 0 Å². The van der Waals surface area contributed by atoms with Gasteiger partial charge >= 0.3 is 6.03 Å². The first-order valence-corrected chi connectivity index (χ1v) is 14.7. The molecule has 2 fully saturated rings. The van der Waals surface area contributed by atoms with Crippen molar-refractivity contribution in [2.45, 2.75) is 37.8 Å². The summed E-state index contributed by atoms with van der Waals surface area (Å²) in [5, 5.41) is 18.4. The van der Waals surface area contributed by atoms with Gasteiger partial charge in [0.2, 0.25) is 0 Å². The van der Waals surface area contributed by atoms with Crippen LogP contribution in [0.4, 0.5) is 10.5 Å². The normalized spacial score (nSPS) is 21.4. The van der Waals surface area contributed by atoms with Crippen molar-refractivity contribution in [2.75, 3.05) is 38.2 Å². The van der Waals surface area contributed by atoms with Gasteiger partial charge in [-0.15, -0.1) is 0 Å². The van der Waals surface area contributed by atoms with E-state index in [0.717, 1.165) is 85.4 Å².